The monoisotopic (exact) mass is 374 g/mol. The molecular formula is C16H21F3N4O3. The molecule has 10 heteroatoms. The lowest BCUT2D eigenvalue weighted by Gasteiger charge is -2.22. The molecule has 7 nitrogen and oxygen atoms in total. The van der Waals surface area contributed by atoms with E-state index in [0.717, 1.165) is 18.6 Å². The van der Waals surface area contributed by atoms with Crippen LogP contribution in [0.5, 0.6) is 0 Å². The summed E-state index contributed by atoms with van der Waals surface area (Å²) in [6.45, 7) is 3.73. The molecule has 0 radical (unpaired) electrons. The van der Waals surface area contributed by atoms with Crippen molar-refractivity contribution in [2.75, 3.05) is 31.5 Å². The number of rotatable bonds is 6. The lowest BCUT2D eigenvalue weighted by Crippen LogP contribution is -2.35. The first-order valence-electron chi connectivity index (χ1n) is 8.13. The zero-order valence-electron chi connectivity index (χ0n) is 14.3. The summed E-state index contributed by atoms with van der Waals surface area (Å²) in [6, 6.07) is 2.26. The van der Waals surface area contributed by atoms with E-state index in [4.69, 9.17) is 5.73 Å². The van der Waals surface area contributed by atoms with Gasteiger partial charge in [-0.2, -0.15) is 13.2 Å². The van der Waals surface area contributed by atoms with Crippen molar-refractivity contribution in [2.45, 2.75) is 25.9 Å². The van der Waals surface area contributed by atoms with Gasteiger partial charge >= 0.3 is 6.18 Å². The fourth-order valence-electron chi connectivity index (χ4n) is 2.87. The maximum absolute atomic E-state index is 12.7. The number of hydrogen-bond acceptors (Lipinski definition) is 5. The SMILES string of the molecule is CC1(CN)CCN(C(=O)CCNc2ccc(C(F)(F)F)cc2[N+](=O)[O-])C1. The number of nitrogens with one attached hydrogen (secondary N) is 1. The number of nitro benzene ring substituents is 1. The molecule has 1 aliphatic heterocycles. The van der Waals surface area contributed by atoms with Crippen LogP contribution >= 0.6 is 0 Å². The van der Waals surface area contributed by atoms with Crippen molar-refractivity contribution in [1.82, 2.24) is 4.90 Å². The number of benzene rings is 1. The molecule has 26 heavy (non-hydrogen) atoms. The smallest absolute Gasteiger partial charge is 0.379 e. The second kappa shape index (κ2) is 7.48. The van der Waals surface area contributed by atoms with E-state index < -0.39 is 22.4 Å². The standard InChI is InChI=1S/C16H21F3N4O3/c1-15(9-20)5-7-22(10-15)14(24)4-6-21-12-3-2-11(16(17,18)19)8-13(12)23(25)26/h2-3,8,21H,4-7,9-10,20H2,1H3. The number of carbonyl (C=O) groups is 1. The van der Waals surface area contributed by atoms with Crippen molar-refractivity contribution in [3.05, 3.63) is 33.9 Å². The highest BCUT2D eigenvalue weighted by Gasteiger charge is 2.35. The molecule has 1 aliphatic rings. The number of halogens is 3. The van der Waals surface area contributed by atoms with Gasteiger partial charge in [0.1, 0.15) is 5.69 Å². The number of hydrogen-bond donors (Lipinski definition) is 2. The van der Waals surface area contributed by atoms with Gasteiger partial charge in [0.15, 0.2) is 0 Å². The Morgan fingerprint density at radius 1 is 1.46 bits per heavy atom. The Kier molecular flexibility index (Phi) is 5.74. The molecule has 144 valence electrons. The third-order valence-electron chi connectivity index (χ3n) is 4.58. The Morgan fingerprint density at radius 2 is 2.15 bits per heavy atom. The molecule has 1 amide bonds. The third kappa shape index (κ3) is 4.63. The Hall–Kier alpha value is -2.36. The zero-order chi connectivity index (χ0) is 19.5. The van der Waals surface area contributed by atoms with Crippen LogP contribution in [-0.4, -0.2) is 41.9 Å². The Balaban J connectivity index is 1.97. The molecule has 3 N–H and O–H groups in total. The zero-order valence-corrected chi connectivity index (χ0v) is 14.3. The van der Waals surface area contributed by atoms with Crippen molar-refractivity contribution in [3.8, 4) is 0 Å². The highest BCUT2D eigenvalue weighted by Crippen LogP contribution is 2.35. The summed E-state index contributed by atoms with van der Waals surface area (Å²) in [6.07, 6.45) is -3.77. The highest BCUT2D eigenvalue weighted by molar-refractivity contribution is 5.77. The molecule has 1 aromatic rings. The molecule has 0 saturated carbocycles. The van der Waals surface area contributed by atoms with Gasteiger partial charge in [-0.15, -0.1) is 0 Å². The molecule has 1 unspecified atom stereocenters. The van der Waals surface area contributed by atoms with E-state index in [1.165, 1.54) is 0 Å². The number of anilines is 1. The number of nitrogens with zero attached hydrogens (tertiary/aromatic N) is 2. The summed E-state index contributed by atoms with van der Waals surface area (Å²) >= 11 is 0. The molecule has 1 aromatic carbocycles. The van der Waals surface area contributed by atoms with Crippen molar-refractivity contribution in [2.24, 2.45) is 11.1 Å². The van der Waals surface area contributed by atoms with Crippen molar-refractivity contribution in [1.29, 1.82) is 0 Å². The molecule has 1 atom stereocenters. The molecule has 0 aromatic heterocycles. The van der Waals surface area contributed by atoms with Crippen molar-refractivity contribution >= 4 is 17.3 Å². The second-order valence-corrected chi connectivity index (χ2v) is 6.74. The fraction of sp³-hybridized carbons (Fsp3) is 0.562. The second-order valence-electron chi connectivity index (χ2n) is 6.74. The van der Waals surface area contributed by atoms with E-state index in [2.05, 4.69) is 5.32 Å². The van der Waals surface area contributed by atoms with Crippen LogP contribution in [0.1, 0.15) is 25.3 Å². The predicted octanol–water partition coefficient (Wildman–Crippen LogP) is 2.61. The van der Waals surface area contributed by atoms with Crippen LogP contribution in [-0.2, 0) is 11.0 Å². The topological polar surface area (TPSA) is 102 Å². The third-order valence-corrected chi connectivity index (χ3v) is 4.58. The first-order chi connectivity index (χ1) is 12.1. The number of nitro groups is 1. The molecule has 0 bridgehead atoms. The molecule has 0 aliphatic carbocycles. The van der Waals surface area contributed by atoms with Gasteiger partial charge in [-0.25, -0.2) is 0 Å². The molecule has 0 spiro atoms. The largest absolute Gasteiger partial charge is 0.416 e. The lowest BCUT2D eigenvalue weighted by atomic mass is 9.90. The first-order valence-corrected chi connectivity index (χ1v) is 8.13. The van der Waals surface area contributed by atoms with Gasteiger partial charge in [-0.05, 0) is 30.5 Å². The van der Waals surface area contributed by atoms with Gasteiger partial charge in [-0.1, -0.05) is 6.92 Å². The van der Waals surface area contributed by atoms with E-state index in [1.54, 1.807) is 4.90 Å². The summed E-state index contributed by atoms with van der Waals surface area (Å²) in [4.78, 5) is 24.0. The van der Waals surface area contributed by atoms with Gasteiger partial charge < -0.3 is 16.0 Å². The average molecular weight is 374 g/mol. The average Bonchev–Trinajstić information content (AvgIpc) is 2.97. The van der Waals surface area contributed by atoms with Crippen molar-refractivity contribution in [3.63, 3.8) is 0 Å². The van der Waals surface area contributed by atoms with Gasteiger partial charge in [0.05, 0.1) is 10.5 Å². The van der Waals surface area contributed by atoms with Crippen molar-refractivity contribution < 1.29 is 22.9 Å². The Bertz CT molecular complexity index is 696. The summed E-state index contributed by atoms with van der Waals surface area (Å²) in [7, 11) is 0. The minimum absolute atomic E-state index is 0.0518. The van der Waals surface area contributed by atoms with E-state index in [0.29, 0.717) is 25.7 Å². The number of likely N-dealkylation sites (tertiary alicyclic amines) is 1. The lowest BCUT2D eigenvalue weighted by molar-refractivity contribution is -0.384. The van der Waals surface area contributed by atoms with Gasteiger partial charge in [-0.3, -0.25) is 14.9 Å². The quantitative estimate of drug-likeness (QED) is 0.589. The van der Waals surface area contributed by atoms with Crippen LogP contribution in [0.4, 0.5) is 24.5 Å². The fourth-order valence-corrected chi connectivity index (χ4v) is 2.87. The maximum atomic E-state index is 12.7. The number of nitrogens with two attached hydrogens (primary N) is 1. The van der Waals surface area contributed by atoms with E-state index in [-0.39, 0.29) is 30.0 Å². The summed E-state index contributed by atoms with van der Waals surface area (Å²) < 4.78 is 38.1. The minimum atomic E-state index is -4.66. The Labute approximate surface area is 148 Å². The van der Waals surface area contributed by atoms with Crippen LogP contribution in [0.15, 0.2) is 18.2 Å². The van der Waals surface area contributed by atoms with Gasteiger partial charge in [0, 0.05) is 32.1 Å². The number of carbonyl (C=O) groups excluding carboxylic acids is 1. The molecule has 1 fully saturated rings. The minimum Gasteiger partial charge on any atom is -0.379 e. The maximum Gasteiger partial charge on any atom is 0.416 e. The normalized spacial score (nSPS) is 20.3. The summed E-state index contributed by atoms with van der Waals surface area (Å²) in [5.41, 5.74) is 3.78. The van der Waals surface area contributed by atoms with Crippen LogP contribution in [0, 0.1) is 15.5 Å². The molecule has 1 saturated heterocycles. The van der Waals surface area contributed by atoms with E-state index >= 15 is 0 Å². The highest BCUT2D eigenvalue weighted by atomic mass is 19.4. The predicted molar refractivity (Wildman–Crippen MR) is 89.6 cm³/mol. The summed E-state index contributed by atoms with van der Waals surface area (Å²) in [5.74, 6) is -0.121. The molecule has 1 heterocycles. The summed E-state index contributed by atoms with van der Waals surface area (Å²) in [5, 5.41) is 13.7. The number of alkyl halides is 3. The van der Waals surface area contributed by atoms with E-state index in [9.17, 15) is 28.1 Å². The van der Waals surface area contributed by atoms with Gasteiger partial charge in [0.2, 0.25) is 5.91 Å². The molecular weight excluding hydrogens is 353 g/mol. The molecule has 2 rings (SSSR count). The number of amides is 1. The van der Waals surface area contributed by atoms with Crippen LogP contribution in [0.2, 0.25) is 0 Å². The van der Waals surface area contributed by atoms with Crippen LogP contribution in [0.3, 0.4) is 0 Å². The van der Waals surface area contributed by atoms with Crippen LogP contribution in [0.25, 0.3) is 0 Å². The Morgan fingerprint density at radius 3 is 2.69 bits per heavy atom. The first kappa shape index (κ1) is 20.0. The van der Waals surface area contributed by atoms with Crippen LogP contribution < -0.4 is 11.1 Å². The van der Waals surface area contributed by atoms with Gasteiger partial charge in [0.25, 0.3) is 5.69 Å². The van der Waals surface area contributed by atoms with E-state index in [1.807, 2.05) is 6.92 Å².